The summed E-state index contributed by atoms with van der Waals surface area (Å²) in [7, 11) is 0. The normalized spacial score (nSPS) is 16.8. The standard InChI is InChI=1S/C13H19NOS/c1-2-8-13(9-3-1)16-11-10-14-15-12-6-4-5-7-12/h1-3,8-9,12,14H,4-7,10-11H2. The van der Waals surface area contributed by atoms with Crippen molar-refractivity contribution in [3.63, 3.8) is 0 Å². The number of thioether (sulfide) groups is 1. The third-order valence-corrected chi connectivity index (χ3v) is 3.78. The zero-order chi connectivity index (χ0) is 11.1. The quantitative estimate of drug-likeness (QED) is 0.466. The van der Waals surface area contributed by atoms with E-state index in [0.29, 0.717) is 6.10 Å². The summed E-state index contributed by atoms with van der Waals surface area (Å²) in [6.07, 6.45) is 5.55. The molecule has 3 heteroatoms. The number of benzene rings is 1. The Balaban J connectivity index is 1.52. The van der Waals surface area contributed by atoms with Crippen molar-refractivity contribution < 1.29 is 4.84 Å². The molecule has 1 fully saturated rings. The van der Waals surface area contributed by atoms with Gasteiger partial charge < -0.3 is 0 Å². The molecule has 1 aliphatic carbocycles. The highest BCUT2D eigenvalue weighted by Crippen LogP contribution is 2.20. The minimum Gasteiger partial charge on any atom is -0.298 e. The molecule has 0 bridgehead atoms. The smallest absolute Gasteiger partial charge is 0.0790 e. The van der Waals surface area contributed by atoms with Crippen LogP contribution >= 0.6 is 11.8 Å². The number of hydrogen-bond donors (Lipinski definition) is 1. The lowest BCUT2D eigenvalue weighted by molar-refractivity contribution is -0.0173. The number of nitrogens with one attached hydrogen (secondary N) is 1. The first kappa shape index (κ1) is 12.0. The SMILES string of the molecule is c1ccc(SCCNOC2CCCC2)cc1. The minimum absolute atomic E-state index is 0.460. The highest BCUT2D eigenvalue weighted by Gasteiger charge is 2.14. The molecule has 0 aliphatic heterocycles. The lowest BCUT2D eigenvalue weighted by Crippen LogP contribution is -2.23. The second-order valence-corrected chi connectivity index (χ2v) is 5.25. The number of rotatable bonds is 6. The van der Waals surface area contributed by atoms with Crippen molar-refractivity contribution in [3.8, 4) is 0 Å². The van der Waals surface area contributed by atoms with Crippen molar-refractivity contribution >= 4 is 11.8 Å². The lowest BCUT2D eigenvalue weighted by Gasteiger charge is -2.11. The first-order valence-electron chi connectivity index (χ1n) is 6.01. The van der Waals surface area contributed by atoms with E-state index in [4.69, 9.17) is 4.84 Å². The molecule has 0 heterocycles. The van der Waals surface area contributed by atoms with Crippen LogP contribution in [-0.4, -0.2) is 18.4 Å². The molecule has 2 rings (SSSR count). The summed E-state index contributed by atoms with van der Waals surface area (Å²) in [4.78, 5) is 6.90. The van der Waals surface area contributed by atoms with Gasteiger partial charge in [0.1, 0.15) is 0 Å². The Bertz CT molecular complexity index is 285. The van der Waals surface area contributed by atoms with Gasteiger partial charge in [0.05, 0.1) is 6.10 Å². The van der Waals surface area contributed by atoms with Gasteiger partial charge in [0.15, 0.2) is 0 Å². The fourth-order valence-electron chi connectivity index (χ4n) is 1.91. The van der Waals surface area contributed by atoms with Crippen LogP contribution in [0.3, 0.4) is 0 Å². The van der Waals surface area contributed by atoms with Gasteiger partial charge >= 0.3 is 0 Å². The van der Waals surface area contributed by atoms with Crippen molar-refractivity contribution in [2.24, 2.45) is 0 Å². The Morgan fingerprint density at radius 3 is 2.69 bits per heavy atom. The average molecular weight is 237 g/mol. The van der Waals surface area contributed by atoms with E-state index < -0.39 is 0 Å². The zero-order valence-electron chi connectivity index (χ0n) is 9.52. The molecule has 1 aromatic rings. The van der Waals surface area contributed by atoms with E-state index in [1.807, 2.05) is 17.8 Å². The van der Waals surface area contributed by atoms with Crippen LogP contribution in [0.4, 0.5) is 0 Å². The molecule has 1 saturated carbocycles. The Morgan fingerprint density at radius 2 is 1.94 bits per heavy atom. The molecule has 2 nitrogen and oxygen atoms in total. The van der Waals surface area contributed by atoms with Gasteiger partial charge in [-0.05, 0) is 25.0 Å². The minimum atomic E-state index is 0.460. The largest absolute Gasteiger partial charge is 0.298 e. The first-order chi connectivity index (χ1) is 7.95. The summed E-state index contributed by atoms with van der Waals surface area (Å²) < 4.78 is 0. The molecule has 0 atom stereocenters. The average Bonchev–Trinajstić information content (AvgIpc) is 2.83. The maximum atomic E-state index is 5.58. The molecular formula is C13H19NOS. The van der Waals surface area contributed by atoms with Crippen molar-refractivity contribution in [1.82, 2.24) is 5.48 Å². The van der Waals surface area contributed by atoms with Gasteiger partial charge in [0.25, 0.3) is 0 Å². The number of hydroxylamine groups is 1. The Labute approximate surface area is 102 Å². The van der Waals surface area contributed by atoms with Gasteiger partial charge in [-0.3, -0.25) is 4.84 Å². The molecule has 0 aromatic heterocycles. The van der Waals surface area contributed by atoms with Crippen LogP contribution in [0, 0.1) is 0 Å². The Morgan fingerprint density at radius 1 is 1.19 bits per heavy atom. The third kappa shape index (κ3) is 4.16. The van der Waals surface area contributed by atoms with E-state index in [0.717, 1.165) is 12.3 Å². The maximum Gasteiger partial charge on any atom is 0.0790 e. The topological polar surface area (TPSA) is 21.3 Å². The molecule has 1 aromatic carbocycles. The summed E-state index contributed by atoms with van der Waals surface area (Å²) in [5, 5.41) is 0. The predicted molar refractivity (Wildman–Crippen MR) is 68.5 cm³/mol. The van der Waals surface area contributed by atoms with Crippen molar-refractivity contribution in [3.05, 3.63) is 30.3 Å². The van der Waals surface area contributed by atoms with Gasteiger partial charge in [0.2, 0.25) is 0 Å². The van der Waals surface area contributed by atoms with Crippen LogP contribution in [0.5, 0.6) is 0 Å². The Kier molecular flexibility index (Phi) is 5.19. The summed E-state index contributed by atoms with van der Waals surface area (Å²) in [6, 6.07) is 10.5. The van der Waals surface area contributed by atoms with E-state index in [9.17, 15) is 0 Å². The first-order valence-corrected chi connectivity index (χ1v) is 7.00. The molecule has 1 N–H and O–H groups in total. The molecule has 16 heavy (non-hydrogen) atoms. The molecule has 0 amide bonds. The van der Waals surface area contributed by atoms with Crippen molar-refractivity contribution in [1.29, 1.82) is 0 Å². The van der Waals surface area contributed by atoms with Gasteiger partial charge in [0, 0.05) is 17.2 Å². The molecule has 0 saturated heterocycles. The van der Waals surface area contributed by atoms with Gasteiger partial charge in [-0.2, -0.15) is 0 Å². The molecule has 0 spiro atoms. The second-order valence-electron chi connectivity index (χ2n) is 4.08. The van der Waals surface area contributed by atoms with Crippen LogP contribution < -0.4 is 5.48 Å². The fourth-order valence-corrected chi connectivity index (χ4v) is 2.68. The number of hydrogen-bond acceptors (Lipinski definition) is 3. The van der Waals surface area contributed by atoms with Crippen LogP contribution in [0.1, 0.15) is 25.7 Å². The van der Waals surface area contributed by atoms with E-state index in [-0.39, 0.29) is 0 Å². The lowest BCUT2D eigenvalue weighted by atomic mass is 10.3. The molecular weight excluding hydrogens is 218 g/mol. The van der Waals surface area contributed by atoms with Crippen LogP contribution in [0.15, 0.2) is 35.2 Å². The summed E-state index contributed by atoms with van der Waals surface area (Å²) in [6.45, 7) is 0.913. The highest BCUT2D eigenvalue weighted by atomic mass is 32.2. The molecule has 1 aliphatic rings. The monoisotopic (exact) mass is 237 g/mol. The van der Waals surface area contributed by atoms with Gasteiger partial charge in [-0.15, -0.1) is 11.8 Å². The summed E-state index contributed by atoms with van der Waals surface area (Å²) in [5.74, 6) is 1.05. The molecule has 88 valence electrons. The fraction of sp³-hybridized carbons (Fsp3) is 0.538. The summed E-state index contributed by atoms with van der Waals surface area (Å²) in [5.41, 5.74) is 3.08. The van der Waals surface area contributed by atoms with E-state index in [1.54, 1.807) is 0 Å². The Hall–Kier alpha value is -0.510. The van der Waals surface area contributed by atoms with E-state index in [2.05, 4.69) is 29.7 Å². The van der Waals surface area contributed by atoms with Crippen molar-refractivity contribution in [2.75, 3.05) is 12.3 Å². The third-order valence-electron chi connectivity index (χ3n) is 2.77. The van der Waals surface area contributed by atoms with E-state index in [1.165, 1.54) is 30.6 Å². The van der Waals surface area contributed by atoms with E-state index >= 15 is 0 Å². The maximum absolute atomic E-state index is 5.58. The predicted octanol–water partition coefficient (Wildman–Crippen LogP) is 3.24. The van der Waals surface area contributed by atoms with Gasteiger partial charge in [-0.1, -0.05) is 31.0 Å². The molecule has 0 unspecified atom stereocenters. The highest BCUT2D eigenvalue weighted by molar-refractivity contribution is 7.99. The summed E-state index contributed by atoms with van der Waals surface area (Å²) >= 11 is 1.86. The van der Waals surface area contributed by atoms with Crippen LogP contribution in [0.2, 0.25) is 0 Å². The van der Waals surface area contributed by atoms with Crippen molar-refractivity contribution in [2.45, 2.75) is 36.7 Å². The van der Waals surface area contributed by atoms with Crippen LogP contribution in [0.25, 0.3) is 0 Å². The second kappa shape index (κ2) is 6.94. The molecule has 0 radical (unpaired) electrons. The van der Waals surface area contributed by atoms with Gasteiger partial charge in [-0.25, -0.2) is 5.48 Å². The zero-order valence-corrected chi connectivity index (χ0v) is 10.3. The van der Waals surface area contributed by atoms with Crippen LogP contribution in [-0.2, 0) is 4.84 Å².